The second-order valence-electron chi connectivity index (χ2n) is 7.70. The van der Waals surface area contributed by atoms with Gasteiger partial charge in [-0.1, -0.05) is 12.1 Å². The number of hydrogen-bond acceptors (Lipinski definition) is 4. The van der Waals surface area contributed by atoms with Gasteiger partial charge >= 0.3 is 6.18 Å². The van der Waals surface area contributed by atoms with E-state index >= 15 is 0 Å². The van der Waals surface area contributed by atoms with Crippen molar-refractivity contribution < 1.29 is 22.8 Å². The molecule has 1 aromatic carbocycles. The Morgan fingerprint density at radius 2 is 1.97 bits per heavy atom. The summed E-state index contributed by atoms with van der Waals surface area (Å²) in [5.41, 5.74) is 1.60. The molecule has 1 unspecified atom stereocenters. The monoisotopic (exact) mass is 427 g/mol. The van der Waals surface area contributed by atoms with Crippen LogP contribution >= 0.6 is 0 Å². The van der Waals surface area contributed by atoms with Gasteiger partial charge in [0.2, 0.25) is 5.91 Å². The molecular weight excluding hydrogens is 407 g/mol. The van der Waals surface area contributed by atoms with Crippen molar-refractivity contribution in [2.45, 2.75) is 38.3 Å². The summed E-state index contributed by atoms with van der Waals surface area (Å²) in [6, 6.07) is 8.00. The summed E-state index contributed by atoms with van der Waals surface area (Å²) < 4.78 is 39.2. The maximum atomic E-state index is 13.3. The van der Waals surface area contributed by atoms with E-state index in [9.17, 15) is 22.8 Å². The number of rotatable bonds is 3. The van der Waals surface area contributed by atoms with E-state index in [1.807, 2.05) is 0 Å². The molecule has 1 aliphatic carbocycles. The van der Waals surface area contributed by atoms with Gasteiger partial charge in [-0.25, -0.2) is 0 Å². The fourth-order valence-corrected chi connectivity index (χ4v) is 4.26. The number of carbonyl (C=O) groups excluding carboxylic acids is 2. The summed E-state index contributed by atoms with van der Waals surface area (Å²) in [6.45, 7) is 1.71. The highest BCUT2D eigenvalue weighted by molar-refractivity contribution is 6.13. The number of ketones is 1. The lowest BCUT2D eigenvalue weighted by atomic mass is 9.71. The Morgan fingerprint density at radius 3 is 2.68 bits per heavy atom. The topological polar surface area (TPSA) is 71.4 Å². The zero-order valence-electron chi connectivity index (χ0n) is 16.7. The average Bonchev–Trinajstić information content (AvgIpc) is 2.73. The number of allylic oxidation sites excluding steroid dienone is 2. The summed E-state index contributed by atoms with van der Waals surface area (Å²) in [4.78, 5) is 34.8. The number of nitrogens with one attached hydrogen (secondary N) is 1. The Bertz CT molecular complexity index is 1090. The van der Waals surface area contributed by atoms with Crippen LogP contribution in [-0.2, 0) is 15.8 Å². The van der Waals surface area contributed by atoms with E-state index in [2.05, 4.69) is 15.3 Å². The van der Waals surface area contributed by atoms with E-state index in [1.54, 1.807) is 31.5 Å². The number of carbonyl (C=O) groups is 2. The maximum absolute atomic E-state index is 13.3. The third-order valence-electron chi connectivity index (χ3n) is 5.62. The van der Waals surface area contributed by atoms with Crippen molar-refractivity contribution in [1.29, 1.82) is 0 Å². The van der Waals surface area contributed by atoms with Crippen LogP contribution in [0.2, 0.25) is 0 Å². The Balaban J connectivity index is 1.72. The summed E-state index contributed by atoms with van der Waals surface area (Å²) in [7, 11) is 0. The zero-order valence-corrected chi connectivity index (χ0v) is 16.7. The number of nitrogens with zero attached hydrogens (tertiary/aromatic N) is 2. The third kappa shape index (κ3) is 4.15. The highest BCUT2D eigenvalue weighted by Gasteiger charge is 2.42. The number of aromatic nitrogens is 1. The molecule has 1 amide bonds. The lowest BCUT2D eigenvalue weighted by molar-refractivity contribution is -0.137. The maximum Gasteiger partial charge on any atom is 0.416 e. The number of Topliss-reactive ketones (excluding diaryl/α,β-unsaturated/α-hetero) is 1. The van der Waals surface area contributed by atoms with Crippen molar-refractivity contribution in [2.24, 2.45) is 10.9 Å². The van der Waals surface area contributed by atoms with Crippen LogP contribution < -0.4 is 5.32 Å². The zero-order chi connectivity index (χ0) is 22.2. The Kier molecular flexibility index (Phi) is 5.47. The quantitative estimate of drug-likeness (QED) is 0.756. The third-order valence-corrected chi connectivity index (χ3v) is 5.62. The predicted octanol–water partition coefficient (Wildman–Crippen LogP) is 4.92. The molecule has 0 spiro atoms. The van der Waals surface area contributed by atoms with Crippen molar-refractivity contribution in [1.82, 2.24) is 4.98 Å². The molecule has 2 aliphatic rings. The van der Waals surface area contributed by atoms with E-state index in [4.69, 9.17) is 0 Å². The molecule has 2 atom stereocenters. The fourth-order valence-electron chi connectivity index (χ4n) is 4.26. The summed E-state index contributed by atoms with van der Waals surface area (Å²) in [6.07, 6.45) is 0.428. The molecule has 0 bridgehead atoms. The van der Waals surface area contributed by atoms with Crippen LogP contribution in [0.4, 0.5) is 18.9 Å². The number of anilines is 1. The van der Waals surface area contributed by atoms with Gasteiger partial charge in [-0.2, -0.15) is 13.2 Å². The Morgan fingerprint density at radius 1 is 1.16 bits per heavy atom. The van der Waals surface area contributed by atoms with E-state index in [0.717, 1.165) is 12.1 Å². The number of halogens is 3. The number of benzene rings is 1. The minimum atomic E-state index is -4.52. The Hall–Kier alpha value is -3.29. The van der Waals surface area contributed by atoms with Crippen molar-refractivity contribution in [3.63, 3.8) is 0 Å². The lowest BCUT2D eigenvalue weighted by Gasteiger charge is -2.34. The summed E-state index contributed by atoms with van der Waals surface area (Å²) in [5.74, 6) is -1.98. The molecule has 31 heavy (non-hydrogen) atoms. The van der Waals surface area contributed by atoms with Crippen LogP contribution in [0, 0.1) is 5.92 Å². The van der Waals surface area contributed by atoms with Crippen molar-refractivity contribution in [3.8, 4) is 0 Å². The van der Waals surface area contributed by atoms with E-state index < -0.39 is 29.5 Å². The molecule has 8 heteroatoms. The minimum Gasteiger partial charge on any atom is -0.325 e. The van der Waals surface area contributed by atoms with Crippen LogP contribution in [0.3, 0.4) is 0 Å². The normalized spacial score (nSPS) is 21.4. The van der Waals surface area contributed by atoms with Gasteiger partial charge < -0.3 is 5.32 Å². The first-order chi connectivity index (χ1) is 14.8. The first kappa shape index (κ1) is 21.0. The van der Waals surface area contributed by atoms with Gasteiger partial charge in [0.25, 0.3) is 0 Å². The molecule has 4 rings (SSSR count). The van der Waals surface area contributed by atoms with Crippen LogP contribution in [0.15, 0.2) is 65.1 Å². The molecule has 0 fully saturated rings. The van der Waals surface area contributed by atoms with Crippen LogP contribution in [0.25, 0.3) is 0 Å². The van der Waals surface area contributed by atoms with E-state index in [-0.39, 0.29) is 11.5 Å². The van der Waals surface area contributed by atoms with Crippen LogP contribution in [0.5, 0.6) is 0 Å². The SMILES string of the molecule is CC1=NC2=C(C(=O)CCC2)[C@H](c2cccnc2)C1C(=O)Nc1cccc(C(F)(F)F)c1. The van der Waals surface area contributed by atoms with Gasteiger partial charge in [-0.05, 0) is 49.6 Å². The Labute approximate surface area is 177 Å². The largest absolute Gasteiger partial charge is 0.416 e. The molecule has 1 N–H and O–H groups in total. The van der Waals surface area contributed by atoms with Gasteiger partial charge in [0.05, 0.1) is 11.5 Å². The molecule has 0 radical (unpaired) electrons. The van der Waals surface area contributed by atoms with Crippen LogP contribution in [-0.4, -0.2) is 22.4 Å². The highest BCUT2D eigenvalue weighted by atomic mass is 19.4. The van der Waals surface area contributed by atoms with Crippen molar-refractivity contribution in [2.75, 3.05) is 5.32 Å². The van der Waals surface area contributed by atoms with Crippen molar-refractivity contribution in [3.05, 3.63) is 71.2 Å². The van der Waals surface area contributed by atoms with Gasteiger partial charge in [-0.3, -0.25) is 19.6 Å². The number of pyridine rings is 1. The molecule has 5 nitrogen and oxygen atoms in total. The standard InChI is InChI=1S/C23H20F3N3O2/c1-13-19(22(31)29-16-7-2-6-15(11-16)23(24,25)26)20(14-5-4-10-27-12-14)21-17(28-13)8-3-9-18(21)30/h2,4-7,10-12,19-20H,3,8-9H2,1H3,(H,29,31)/t19?,20-/m1/s1. The van der Waals surface area contributed by atoms with Gasteiger partial charge in [0.1, 0.15) is 0 Å². The number of hydrogen-bond donors (Lipinski definition) is 1. The second-order valence-corrected chi connectivity index (χ2v) is 7.70. The molecule has 1 aromatic heterocycles. The predicted molar refractivity (Wildman–Crippen MR) is 110 cm³/mol. The molecule has 2 aromatic rings. The number of alkyl halides is 3. The first-order valence-electron chi connectivity index (χ1n) is 9.95. The number of amides is 1. The smallest absolute Gasteiger partial charge is 0.325 e. The molecule has 2 heterocycles. The van der Waals surface area contributed by atoms with E-state index in [1.165, 1.54) is 12.1 Å². The second kappa shape index (κ2) is 8.09. The molecule has 0 saturated heterocycles. The first-order valence-corrected chi connectivity index (χ1v) is 9.95. The highest BCUT2D eigenvalue weighted by Crippen LogP contribution is 2.43. The summed E-state index contributed by atoms with van der Waals surface area (Å²) in [5, 5.41) is 2.59. The van der Waals surface area contributed by atoms with E-state index in [0.29, 0.717) is 41.8 Å². The van der Waals surface area contributed by atoms with Crippen LogP contribution in [0.1, 0.15) is 43.2 Å². The van der Waals surface area contributed by atoms with Gasteiger partial charge in [-0.15, -0.1) is 0 Å². The van der Waals surface area contributed by atoms with Crippen molar-refractivity contribution >= 4 is 23.1 Å². The summed E-state index contributed by atoms with van der Waals surface area (Å²) >= 11 is 0. The van der Waals surface area contributed by atoms with Gasteiger partial charge in [0.15, 0.2) is 5.78 Å². The lowest BCUT2D eigenvalue weighted by Crippen LogP contribution is -2.39. The molecular formula is C23H20F3N3O2. The number of aliphatic imine (C=N–C) groups is 1. The molecule has 0 saturated carbocycles. The average molecular weight is 427 g/mol. The molecule has 1 aliphatic heterocycles. The minimum absolute atomic E-state index is 0.0345. The fraction of sp³-hybridized carbons (Fsp3) is 0.304. The molecule has 160 valence electrons. The van der Waals surface area contributed by atoms with Gasteiger partial charge in [0, 0.05) is 47.4 Å².